The maximum atomic E-state index is 12.8. The summed E-state index contributed by atoms with van der Waals surface area (Å²) in [4.78, 5) is 0. The van der Waals surface area contributed by atoms with Gasteiger partial charge in [0, 0.05) is 15.9 Å². The van der Waals surface area contributed by atoms with Crippen LogP contribution in [-0.2, 0) is 12.6 Å². The number of halogens is 5. The molecule has 0 saturated carbocycles. The zero-order valence-corrected chi connectivity index (χ0v) is 13.0. The number of benzene rings is 2. The maximum absolute atomic E-state index is 12.8. The van der Waals surface area contributed by atoms with Gasteiger partial charge in [-0.05, 0) is 35.4 Å². The van der Waals surface area contributed by atoms with Gasteiger partial charge < -0.3 is 5.11 Å². The second-order valence-corrected chi connectivity index (χ2v) is 5.87. The number of alkyl halides is 3. The third kappa shape index (κ3) is 4.22. The Balaban J connectivity index is 2.23. The molecule has 21 heavy (non-hydrogen) atoms. The van der Waals surface area contributed by atoms with Gasteiger partial charge in [0.15, 0.2) is 0 Å². The monoisotopic (exact) mass is 378 g/mol. The molecule has 0 amide bonds. The van der Waals surface area contributed by atoms with Crippen LogP contribution in [0.4, 0.5) is 13.2 Å². The average molecular weight is 380 g/mol. The molecule has 1 nitrogen and oxygen atoms in total. The van der Waals surface area contributed by atoms with Gasteiger partial charge in [-0.1, -0.05) is 45.7 Å². The van der Waals surface area contributed by atoms with Crippen LogP contribution in [-0.4, -0.2) is 5.11 Å². The zero-order valence-electron chi connectivity index (χ0n) is 10.7. The van der Waals surface area contributed by atoms with Crippen molar-refractivity contribution in [2.45, 2.75) is 18.7 Å². The van der Waals surface area contributed by atoms with Crippen molar-refractivity contribution in [2.24, 2.45) is 0 Å². The smallest absolute Gasteiger partial charge is 0.388 e. The van der Waals surface area contributed by atoms with Crippen LogP contribution < -0.4 is 0 Å². The molecule has 0 bridgehead atoms. The van der Waals surface area contributed by atoms with Gasteiger partial charge >= 0.3 is 6.18 Å². The third-order valence-electron chi connectivity index (χ3n) is 3.02. The van der Waals surface area contributed by atoms with Crippen LogP contribution in [0.1, 0.15) is 22.8 Å². The first-order valence-electron chi connectivity index (χ1n) is 6.06. The number of rotatable bonds is 3. The topological polar surface area (TPSA) is 20.2 Å². The Labute approximate surface area is 133 Å². The molecule has 2 aromatic rings. The lowest BCUT2D eigenvalue weighted by Gasteiger charge is -2.15. The van der Waals surface area contributed by atoms with Crippen molar-refractivity contribution >= 4 is 27.5 Å². The van der Waals surface area contributed by atoms with Gasteiger partial charge in [-0.15, -0.1) is 0 Å². The average Bonchev–Trinajstić information content (AvgIpc) is 2.40. The van der Waals surface area contributed by atoms with E-state index >= 15 is 0 Å². The third-order valence-corrected chi connectivity index (χ3v) is 3.97. The predicted octanol–water partition coefficient (Wildman–Crippen LogP) is 5.40. The van der Waals surface area contributed by atoms with Gasteiger partial charge in [0.25, 0.3) is 0 Å². The molecular weight excluding hydrogens is 369 g/mol. The molecule has 2 rings (SSSR count). The highest BCUT2D eigenvalue weighted by atomic mass is 79.9. The van der Waals surface area contributed by atoms with E-state index in [1.807, 2.05) is 0 Å². The molecule has 6 heteroatoms. The van der Waals surface area contributed by atoms with Gasteiger partial charge in [-0.25, -0.2) is 0 Å². The van der Waals surface area contributed by atoms with Crippen molar-refractivity contribution < 1.29 is 18.3 Å². The Morgan fingerprint density at radius 3 is 2.29 bits per heavy atom. The molecule has 0 aromatic heterocycles. The quantitative estimate of drug-likeness (QED) is 0.757. The highest BCUT2D eigenvalue weighted by Crippen LogP contribution is 2.36. The summed E-state index contributed by atoms with van der Waals surface area (Å²) in [5.74, 6) is 0. The van der Waals surface area contributed by atoms with Gasteiger partial charge in [-0.2, -0.15) is 13.2 Å². The molecule has 0 saturated heterocycles. The molecule has 1 N–H and O–H groups in total. The SMILES string of the molecule is OC(Cc1ccc(Cl)cc1)c1ccc(Br)c(C(F)(F)F)c1. The molecule has 1 atom stereocenters. The second kappa shape index (κ2) is 6.38. The van der Waals surface area contributed by atoms with Gasteiger partial charge in [0.1, 0.15) is 0 Å². The van der Waals surface area contributed by atoms with Crippen LogP contribution in [0.25, 0.3) is 0 Å². The van der Waals surface area contributed by atoms with Crippen molar-refractivity contribution in [3.8, 4) is 0 Å². The summed E-state index contributed by atoms with van der Waals surface area (Å²) in [7, 11) is 0. The fourth-order valence-electron chi connectivity index (χ4n) is 1.93. The first-order chi connectivity index (χ1) is 9.77. The maximum Gasteiger partial charge on any atom is 0.417 e. The molecule has 0 aliphatic rings. The van der Waals surface area contributed by atoms with Crippen LogP contribution in [0.5, 0.6) is 0 Å². The van der Waals surface area contributed by atoms with Crippen molar-refractivity contribution in [3.05, 3.63) is 68.7 Å². The van der Waals surface area contributed by atoms with E-state index < -0.39 is 17.8 Å². The van der Waals surface area contributed by atoms with E-state index in [0.717, 1.165) is 11.6 Å². The highest BCUT2D eigenvalue weighted by Gasteiger charge is 2.33. The molecule has 112 valence electrons. The highest BCUT2D eigenvalue weighted by molar-refractivity contribution is 9.10. The molecular formula is C15H11BrClF3O. The molecule has 0 radical (unpaired) electrons. The predicted molar refractivity (Wildman–Crippen MR) is 79.3 cm³/mol. The molecule has 0 heterocycles. The van der Waals surface area contributed by atoms with E-state index in [2.05, 4.69) is 15.9 Å². The molecule has 2 aromatic carbocycles. The van der Waals surface area contributed by atoms with E-state index in [4.69, 9.17) is 11.6 Å². The number of aliphatic hydroxyl groups excluding tert-OH is 1. The fraction of sp³-hybridized carbons (Fsp3) is 0.200. The lowest BCUT2D eigenvalue weighted by molar-refractivity contribution is -0.138. The van der Waals surface area contributed by atoms with Gasteiger partial charge in [-0.3, -0.25) is 0 Å². The van der Waals surface area contributed by atoms with E-state index in [-0.39, 0.29) is 16.5 Å². The molecule has 0 aliphatic carbocycles. The summed E-state index contributed by atoms with van der Waals surface area (Å²) < 4.78 is 38.5. The number of hydrogen-bond acceptors (Lipinski definition) is 1. The first kappa shape index (κ1) is 16.3. The molecule has 1 unspecified atom stereocenters. The summed E-state index contributed by atoms with van der Waals surface area (Å²) in [6.45, 7) is 0. The van der Waals surface area contributed by atoms with Crippen molar-refractivity contribution in [1.29, 1.82) is 0 Å². The Morgan fingerprint density at radius 1 is 1.10 bits per heavy atom. The van der Waals surface area contributed by atoms with E-state index in [1.54, 1.807) is 24.3 Å². The first-order valence-corrected chi connectivity index (χ1v) is 7.23. The Bertz CT molecular complexity index is 626. The van der Waals surface area contributed by atoms with E-state index in [1.165, 1.54) is 12.1 Å². The molecule has 0 aliphatic heterocycles. The van der Waals surface area contributed by atoms with Crippen molar-refractivity contribution in [1.82, 2.24) is 0 Å². The van der Waals surface area contributed by atoms with Crippen LogP contribution in [0, 0.1) is 0 Å². The summed E-state index contributed by atoms with van der Waals surface area (Å²) in [6.07, 6.45) is -5.26. The Hall–Kier alpha value is -1.04. The second-order valence-electron chi connectivity index (χ2n) is 4.58. The van der Waals surface area contributed by atoms with Crippen molar-refractivity contribution in [3.63, 3.8) is 0 Å². The largest absolute Gasteiger partial charge is 0.417 e. The summed E-state index contributed by atoms with van der Waals surface area (Å²) in [5.41, 5.74) is 0.221. The normalized spacial score (nSPS) is 13.2. The minimum absolute atomic E-state index is 0.0440. The Kier molecular flexibility index (Phi) is 4.96. The molecule has 0 fully saturated rings. The minimum atomic E-state index is -4.46. The summed E-state index contributed by atoms with van der Waals surface area (Å²) >= 11 is 8.63. The lowest BCUT2D eigenvalue weighted by atomic mass is 9.99. The lowest BCUT2D eigenvalue weighted by Crippen LogP contribution is -2.09. The van der Waals surface area contributed by atoms with Crippen LogP contribution >= 0.6 is 27.5 Å². The van der Waals surface area contributed by atoms with E-state index in [0.29, 0.717) is 5.02 Å². The van der Waals surface area contributed by atoms with Crippen LogP contribution in [0.15, 0.2) is 46.9 Å². The zero-order chi connectivity index (χ0) is 15.6. The standard InChI is InChI=1S/C15H11BrClF3O/c16-13-6-3-10(8-12(13)15(18,19)20)14(21)7-9-1-4-11(17)5-2-9/h1-6,8,14,21H,7H2. The number of hydrogen-bond donors (Lipinski definition) is 1. The van der Waals surface area contributed by atoms with Crippen LogP contribution in [0.3, 0.4) is 0 Å². The summed E-state index contributed by atoms with van der Waals surface area (Å²) in [5, 5.41) is 10.7. The van der Waals surface area contributed by atoms with Crippen LogP contribution in [0.2, 0.25) is 5.02 Å². The Morgan fingerprint density at radius 2 is 1.71 bits per heavy atom. The van der Waals surface area contributed by atoms with Crippen molar-refractivity contribution in [2.75, 3.05) is 0 Å². The van der Waals surface area contributed by atoms with Gasteiger partial charge in [0.05, 0.1) is 11.7 Å². The van der Waals surface area contributed by atoms with Gasteiger partial charge in [0.2, 0.25) is 0 Å². The van der Waals surface area contributed by atoms with E-state index in [9.17, 15) is 18.3 Å². The summed E-state index contributed by atoms with van der Waals surface area (Å²) in [6, 6.07) is 10.5. The minimum Gasteiger partial charge on any atom is -0.388 e. The molecule has 0 spiro atoms. The fourth-order valence-corrected chi connectivity index (χ4v) is 2.53. The number of aliphatic hydroxyl groups is 1.